The minimum atomic E-state index is 0.431. The molecule has 3 atom stereocenters. The summed E-state index contributed by atoms with van der Waals surface area (Å²) in [7, 11) is 0. The number of rotatable bonds is 3. The summed E-state index contributed by atoms with van der Waals surface area (Å²) >= 11 is 1.85. The summed E-state index contributed by atoms with van der Waals surface area (Å²) in [5, 5.41) is 2.18. The molecular weight excluding hydrogens is 216 g/mol. The van der Waals surface area contributed by atoms with Gasteiger partial charge in [-0.1, -0.05) is 6.92 Å². The van der Waals surface area contributed by atoms with Crippen LogP contribution >= 0.6 is 11.3 Å². The quantitative estimate of drug-likeness (QED) is 0.877. The van der Waals surface area contributed by atoms with E-state index in [2.05, 4.69) is 37.1 Å². The summed E-state index contributed by atoms with van der Waals surface area (Å²) in [6.07, 6.45) is 1.31. The van der Waals surface area contributed by atoms with Crippen molar-refractivity contribution in [1.29, 1.82) is 0 Å². The molecular formula is C13H22N2S. The van der Waals surface area contributed by atoms with Crippen molar-refractivity contribution >= 4 is 11.3 Å². The van der Waals surface area contributed by atoms with E-state index in [0.29, 0.717) is 12.1 Å². The van der Waals surface area contributed by atoms with Crippen LogP contribution in [0.15, 0.2) is 11.4 Å². The Balaban J connectivity index is 2.20. The molecule has 0 spiro atoms. The van der Waals surface area contributed by atoms with Gasteiger partial charge in [0.15, 0.2) is 0 Å². The van der Waals surface area contributed by atoms with Gasteiger partial charge in [-0.25, -0.2) is 0 Å². The lowest BCUT2D eigenvalue weighted by Crippen LogP contribution is -2.36. The molecule has 1 aliphatic rings. The molecule has 3 heteroatoms. The Labute approximate surface area is 102 Å². The first-order valence-electron chi connectivity index (χ1n) is 6.13. The normalized spacial score (nSPS) is 28.5. The van der Waals surface area contributed by atoms with Crippen LogP contribution in [0.2, 0.25) is 0 Å². The third-order valence-corrected chi connectivity index (χ3v) is 4.78. The van der Waals surface area contributed by atoms with Gasteiger partial charge >= 0.3 is 0 Å². The minimum Gasteiger partial charge on any atom is -0.329 e. The molecule has 0 bridgehead atoms. The molecule has 1 saturated heterocycles. The maximum atomic E-state index is 5.99. The zero-order chi connectivity index (χ0) is 11.7. The lowest BCUT2D eigenvalue weighted by Gasteiger charge is -2.30. The fraction of sp³-hybridized carbons (Fsp3) is 0.692. The fourth-order valence-corrected chi connectivity index (χ4v) is 3.95. The molecule has 1 aliphatic heterocycles. The molecule has 90 valence electrons. The van der Waals surface area contributed by atoms with Crippen molar-refractivity contribution in [3.05, 3.63) is 21.9 Å². The Morgan fingerprint density at radius 2 is 2.31 bits per heavy atom. The summed E-state index contributed by atoms with van der Waals surface area (Å²) < 4.78 is 0. The standard InChI is InChI=1S/C13H22N2S/c1-9-6-11(3)15(8-9)12(7-14)13-10(2)4-5-16-13/h4-5,9,11-12H,6-8,14H2,1-3H3. The second-order valence-electron chi connectivity index (χ2n) is 5.11. The molecule has 0 aromatic carbocycles. The highest BCUT2D eigenvalue weighted by atomic mass is 32.1. The van der Waals surface area contributed by atoms with Crippen LogP contribution in [0.4, 0.5) is 0 Å². The molecule has 2 heterocycles. The Morgan fingerprint density at radius 1 is 1.56 bits per heavy atom. The van der Waals surface area contributed by atoms with Crippen LogP contribution < -0.4 is 5.73 Å². The predicted molar refractivity (Wildman–Crippen MR) is 70.8 cm³/mol. The van der Waals surface area contributed by atoms with Crippen LogP contribution in [0.5, 0.6) is 0 Å². The largest absolute Gasteiger partial charge is 0.329 e. The van der Waals surface area contributed by atoms with E-state index in [0.717, 1.165) is 12.5 Å². The Hall–Kier alpha value is -0.380. The van der Waals surface area contributed by atoms with Crippen molar-refractivity contribution in [1.82, 2.24) is 4.90 Å². The first kappa shape index (κ1) is 12.1. The van der Waals surface area contributed by atoms with E-state index < -0.39 is 0 Å². The smallest absolute Gasteiger partial charge is 0.0569 e. The minimum absolute atomic E-state index is 0.431. The number of hydrogen-bond donors (Lipinski definition) is 1. The van der Waals surface area contributed by atoms with E-state index >= 15 is 0 Å². The van der Waals surface area contributed by atoms with Crippen molar-refractivity contribution in [2.45, 2.75) is 39.3 Å². The molecule has 2 rings (SSSR count). The summed E-state index contributed by atoms with van der Waals surface area (Å²) in [5.41, 5.74) is 7.38. The van der Waals surface area contributed by atoms with Gasteiger partial charge in [0, 0.05) is 24.0 Å². The van der Waals surface area contributed by atoms with E-state index in [-0.39, 0.29) is 0 Å². The van der Waals surface area contributed by atoms with E-state index in [4.69, 9.17) is 5.73 Å². The second kappa shape index (κ2) is 4.86. The van der Waals surface area contributed by atoms with E-state index in [1.54, 1.807) is 0 Å². The topological polar surface area (TPSA) is 29.3 Å². The molecule has 1 aromatic rings. The summed E-state index contributed by atoms with van der Waals surface area (Å²) in [6.45, 7) is 8.79. The number of likely N-dealkylation sites (tertiary alicyclic amines) is 1. The van der Waals surface area contributed by atoms with E-state index in [9.17, 15) is 0 Å². The number of nitrogens with two attached hydrogens (primary N) is 1. The molecule has 0 saturated carbocycles. The number of hydrogen-bond acceptors (Lipinski definition) is 3. The van der Waals surface area contributed by atoms with E-state index in [1.807, 2.05) is 11.3 Å². The maximum Gasteiger partial charge on any atom is 0.0569 e. The second-order valence-corrected chi connectivity index (χ2v) is 6.05. The van der Waals surface area contributed by atoms with Crippen molar-refractivity contribution in [3.8, 4) is 0 Å². The lowest BCUT2D eigenvalue weighted by molar-refractivity contribution is 0.194. The van der Waals surface area contributed by atoms with Gasteiger partial charge in [-0.3, -0.25) is 4.90 Å². The first-order valence-corrected chi connectivity index (χ1v) is 7.01. The van der Waals surface area contributed by atoms with Gasteiger partial charge < -0.3 is 5.73 Å². The predicted octanol–water partition coefficient (Wildman–Crippen LogP) is 2.79. The average molecular weight is 238 g/mol. The molecule has 0 amide bonds. The molecule has 0 radical (unpaired) electrons. The van der Waals surface area contributed by atoms with Crippen LogP contribution in [0, 0.1) is 12.8 Å². The van der Waals surface area contributed by atoms with E-state index in [1.165, 1.54) is 23.4 Å². The molecule has 1 aromatic heterocycles. The third kappa shape index (κ3) is 2.17. The van der Waals surface area contributed by atoms with Crippen molar-refractivity contribution < 1.29 is 0 Å². The van der Waals surface area contributed by atoms with Crippen molar-refractivity contribution in [3.63, 3.8) is 0 Å². The summed E-state index contributed by atoms with van der Waals surface area (Å²) in [5.74, 6) is 0.810. The molecule has 0 aliphatic carbocycles. The van der Waals surface area contributed by atoms with Gasteiger partial charge in [0.25, 0.3) is 0 Å². The van der Waals surface area contributed by atoms with Crippen LogP contribution in [0.1, 0.15) is 36.8 Å². The number of thiophene rings is 1. The highest BCUT2D eigenvalue weighted by Gasteiger charge is 2.32. The Kier molecular flexibility index (Phi) is 3.67. The monoisotopic (exact) mass is 238 g/mol. The highest BCUT2D eigenvalue weighted by molar-refractivity contribution is 7.10. The van der Waals surface area contributed by atoms with Gasteiger partial charge in [-0.15, -0.1) is 11.3 Å². The number of nitrogens with zero attached hydrogens (tertiary/aromatic N) is 1. The van der Waals surface area contributed by atoms with Gasteiger partial charge in [-0.2, -0.15) is 0 Å². The molecule has 3 unspecified atom stereocenters. The van der Waals surface area contributed by atoms with Crippen LogP contribution in [-0.4, -0.2) is 24.0 Å². The Bertz CT molecular complexity index is 347. The van der Waals surface area contributed by atoms with Gasteiger partial charge in [-0.05, 0) is 43.2 Å². The Morgan fingerprint density at radius 3 is 2.75 bits per heavy atom. The van der Waals surface area contributed by atoms with Gasteiger partial charge in [0.05, 0.1) is 6.04 Å². The first-order chi connectivity index (χ1) is 7.63. The number of aryl methyl sites for hydroxylation is 1. The molecule has 16 heavy (non-hydrogen) atoms. The molecule has 2 nitrogen and oxygen atoms in total. The highest BCUT2D eigenvalue weighted by Crippen LogP contribution is 2.34. The lowest BCUT2D eigenvalue weighted by atomic mass is 10.1. The zero-order valence-corrected chi connectivity index (χ0v) is 11.3. The summed E-state index contributed by atoms with van der Waals surface area (Å²) in [6, 6.07) is 3.30. The molecule has 1 fully saturated rings. The van der Waals surface area contributed by atoms with Crippen LogP contribution in [0.25, 0.3) is 0 Å². The fourth-order valence-electron chi connectivity index (χ4n) is 2.89. The van der Waals surface area contributed by atoms with Gasteiger partial charge in [0.2, 0.25) is 0 Å². The van der Waals surface area contributed by atoms with Crippen LogP contribution in [0.3, 0.4) is 0 Å². The van der Waals surface area contributed by atoms with Crippen molar-refractivity contribution in [2.24, 2.45) is 11.7 Å². The van der Waals surface area contributed by atoms with Gasteiger partial charge in [0.1, 0.15) is 0 Å². The van der Waals surface area contributed by atoms with Crippen LogP contribution in [-0.2, 0) is 0 Å². The average Bonchev–Trinajstić information content (AvgIpc) is 2.77. The maximum absolute atomic E-state index is 5.99. The van der Waals surface area contributed by atoms with Crippen molar-refractivity contribution in [2.75, 3.05) is 13.1 Å². The third-order valence-electron chi connectivity index (χ3n) is 3.66. The zero-order valence-electron chi connectivity index (χ0n) is 10.4. The SMILES string of the molecule is Cc1ccsc1C(CN)N1CC(C)CC1C. The summed E-state index contributed by atoms with van der Waals surface area (Å²) in [4.78, 5) is 4.05. The molecule has 2 N–H and O–H groups in total.